The van der Waals surface area contributed by atoms with Crippen molar-refractivity contribution in [3.63, 3.8) is 0 Å². The Balaban J connectivity index is 2.48. The number of rotatable bonds is 4. The smallest absolute Gasteiger partial charge is 0.493 e. The molecule has 0 atom stereocenters. The van der Waals surface area contributed by atoms with E-state index in [9.17, 15) is 31.5 Å². The van der Waals surface area contributed by atoms with E-state index < -0.39 is 31.7 Å². The van der Waals surface area contributed by atoms with Gasteiger partial charge >= 0.3 is 5.51 Å². The standard InChI is InChI=1S/C16H13F3N4O4S/c1-3-23-14(24)12(8-20)9(2)13(15(23)25)22-21-10-4-6-11(7-5-10)28(26,27)16(17,18)19/h4-7,24H,3H2,1-2H3. The van der Waals surface area contributed by atoms with Crippen LogP contribution < -0.4 is 5.56 Å². The monoisotopic (exact) mass is 414 g/mol. The lowest BCUT2D eigenvalue weighted by molar-refractivity contribution is -0.0436. The lowest BCUT2D eigenvalue weighted by atomic mass is 10.1. The number of halogens is 3. The molecule has 2 rings (SSSR count). The highest BCUT2D eigenvalue weighted by molar-refractivity contribution is 7.92. The summed E-state index contributed by atoms with van der Waals surface area (Å²) in [6.07, 6.45) is 0. The van der Waals surface area contributed by atoms with Gasteiger partial charge in [0.1, 0.15) is 11.6 Å². The van der Waals surface area contributed by atoms with Crippen LogP contribution in [0.15, 0.2) is 44.2 Å². The fourth-order valence-electron chi connectivity index (χ4n) is 2.28. The number of pyridine rings is 1. The van der Waals surface area contributed by atoms with Gasteiger partial charge in [-0.25, -0.2) is 8.42 Å². The van der Waals surface area contributed by atoms with Gasteiger partial charge in [0.2, 0.25) is 5.88 Å². The van der Waals surface area contributed by atoms with E-state index in [-0.39, 0.29) is 29.0 Å². The summed E-state index contributed by atoms with van der Waals surface area (Å²) in [7, 11) is -5.49. The second kappa shape index (κ2) is 7.43. The zero-order valence-corrected chi connectivity index (χ0v) is 15.3. The largest absolute Gasteiger partial charge is 0.501 e. The van der Waals surface area contributed by atoms with Crippen LogP contribution in [0, 0.1) is 18.3 Å². The fourth-order valence-corrected chi connectivity index (χ4v) is 3.05. The SMILES string of the molecule is CCn1c(O)c(C#N)c(C)c(N=Nc2ccc(S(=O)(=O)C(F)(F)F)cc2)c1=O. The van der Waals surface area contributed by atoms with Gasteiger partial charge in [-0.3, -0.25) is 9.36 Å². The first kappa shape index (κ1) is 21.1. The highest BCUT2D eigenvalue weighted by Gasteiger charge is 2.46. The van der Waals surface area contributed by atoms with E-state index in [2.05, 4.69) is 10.2 Å². The van der Waals surface area contributed by atoms with Crippen molar-refractivity contribution in [3.8, 4) is 11.9 Å². The lowest BCUT2D eigenvalue weighted by Gasteiger charge is -2.10. The number of nitrogens with zero attached hydrogens (tertiary/aromatic N) is 4. The minimum Gasteiger partial charge on any atom is -0.493 e. The summed E-state index contributed by atoms with van der Waals surface area (Å²) in [5.41, 5.74) is -6.48. The van der Waals surface area contributed by atoms with Crippen LogP contribution in [-0.4, -0.2) is 23.6 Å². The molecule has 0 aliphatic heterocycles. The fraction of sp³-hybridized carbons (Fsp3) is 0.250. The molecule has 0 unspecified atom stereocenters. The number of hydrogen-bond donors (Lipinski definition) is 1. The van der Waals surface area contributed by atoms with E-state index >= 15 is 0 Å². The first-order valence-corrected chi connectivity index (χ1v) is 9.13. The van der Waals surface area contributed by atoms with Crippen molar-refractivity contribution in [3.05, 3.63) is 45.7 Å². The molecular weight excluding hydrogens is 401 g/mol. The van der Waals surface area contributed by atoms with Crippen LogP contribution >= 0.6 is 0 Å². The number of hydrogen-bond acceptors (Lipinski definition) is 7. The van der Waals surface area contributed by atoms with Crippen molar-refractivity contribution >= 4 is 21.2 Å². The number of aromatic hydroxyl groups is 1. The van der Waals surface area contributed by atoms with Gasteiger partial charge in [0.25, 0.3) is 15.4 Å². The normalized spacial score (nSPS) is 12.3. The molecule has 0 saturated carbocycles. The van der Waals surface area contributed by atoms with Gasteiger partial charge in [-0.15, -0.1) is 5.11 Å². The summed E-state index contributed by atoms with van der Waals surface area (Å²) in [5.74, 6) is -0.506. The second-order valence-corrected chi connectivity index (χ2v) is 7.42. The third kappa shape index (κ3) is 3.61. The summed E-state index contributed by atoms with van der Waals surface area (Å²) in [6.45, 7) is 3.01. The maximum absolute atomic E-state index is 12.5. The van der Waals surface area contributed by atoms with Crippen molar-refractivity contribution < 1.29 is 26.7 Å². The van der Waals surface area contributed by atoms with E-state index in [1.54, 1.807) is 13.0 Å². The molecule has 0 spiro atoms. The lowest BCUT2D eigenvalue weighted by Crippen LogP contribution is -2.23. The van der Waals surface area contributed by atoms with Crippen LogP contribution in [0.3, 0.4) is 0 Å². The quantitative estimate of drug-likeness (QED) is 0.767. The Morgan fingerprint density at radius 1 is 1.21 bits per heavy atom. The van der Waals surface area contributed by atoms with Gasteiger partial charge in [-0.05, 0) is 38.1 Å². The number of azo groups is 1. The van der Waals surface area contributed by atoms with Crippen LogP contribution in [0.1, 0.15) is 18.1 Å². The molecule has 148 valence electrons. The first-order valence-electron chi connectivity index (χ1n) is 7.65. The molecule has 8 nitrogen and oxygen atoms in total. The minimum absolute atomic E-state index is 0.0189. The molecule has 1 aromatic carbocycles. The molecule has 0 aliphatic carbocycles. The predicted molar refractivity (Wildman–Crippen MR) is 91.4 cm³/mol. The molecule has 1 N–H and O–H groups in total. The van der Waals surface area contributed by atoms with Gasteiger partial charge in [0.05, 0.1) is 10.6 Å². The molecule has 1 heterocycles. The Bertz CT molecular complexity index is 1140. The van der Waals surface area contributed by atoms with E-state index in [0.717, 1.165) is 16.7 Å². The Morgan fingerprint density at radius 3 is 2.25 bits per heavy atom. The topological polar surface area (TPSA) is 125 Å². The van der Waals surface area contributed by atoms with Crippen LogP contribution in [0.2, 0.25) is 0 Å². The summed E-state index contributed by atoms with van der Waals surface area (Å²) < 4.78 is 61.2. The maximum atomic E-state index is 12.5. The van der Waals surface area contributed by atoms with Crippen LogP contribution in [0.4, 0.5) is 24.5 Å². The summed E-state index contributed by atoms with van der Waals surface area (Å²) in [6, 6.07) is 5.16. The van der Waals surface area contributed by atoms with Gasteiger partial charge in [-0.2, -0.15) is 23.5 Å². The van der Waals surface area contributed by atoms with Crippen LogP contribution in [0.25, 0.3) is 0 Å². The van der Waals surface area contributed by atoms with Gasteiger partial charge < -0.3 is 5.11 Å². The van der Waals surface area contributed by atoms with Gasteiger partial charge in [0, 0.05) is 12.1 Å². The van der Waals surface area contributed by atoms with E-state index in [0.29, 0.717) is 12.1 Å². The number of benzene rings is 1. The number of nitriles is 1. The van der Waals surface area contributed by atoms with Crippen molar-refractivity contribution in [1.82, 2.24) is 4.57 Å². The molecular formula is C16H13F3N4O4S. The van der Waals surface area contributed by atoms with Crippen molar-refractivity contribution in [1.29, 1.82) is 5.26 Å². The third-order valence-corrected chi connectivity index (χ3v) is 5.30. The minimum atomic E-state index is -5.49. The molecule has 12 heteroatoms. The summed E-state index contributed by atoms with van der Waals surface area (Å²) >= 11 is 0. The number of sulfone groups is 1. The average molecular weight is 414 g/mol. The number of alkyl halides is 3. The molecule has 28 heavy (non-hydrogen) atoms. The Kier molecular flexibility index (Phi) is 5.60. The Hall–Kier alpha value is -3.20. The molecule has 0 aliphatic rings. The molecule has 0 saturated heterocycles. The second-order valence-electron chi connectivity index (χ2n) is 5.48. The highest BCUT2D eigenvalue weighted by Crippen LogP contribution is 2.31. The van der Waals surface area contributed by atoms with E-state index in [1.807, 2.05) is 0 Å². The molecule has 0 radical (unpaired) electrons. The van der Waals surface area contributed by atoms with Gasteiger partial charge in [0.15, 0.2) is 5.69 Å². The predicted octanol–water partition coefficient (Wildman–Crippen LogP) is 3.46. The molecule has 2 aromatic rings. The Morgan fingerprint density at radius 2 is 1.79 bits per heavy atom. The molecule has 0 amide bonds. The van der Waals surface area contributed by atoms with Crippen molar-refractivity contribution in [2.24, 2.45) is 10.2 Å². The summed E-state index contributed by atoms with van der Waals surface area (Å²) in [4.78, 5) is 11.4. The average Bonchev–Trinajstić information content (AvgIpc) is 2.61. The molecule has 0 fully saturated rings. The zero-order chi connectivity index (χ0) is 21.3. The maximum Gasteiger partial charge on any atom is 0.501 e. The zero-order valence-electron chi connectivity index (χ0n) is 14.5. The number of aromatic nitrogens is 1. The third-order valence-electron chi connectivity index (χ3n) is 3.80. The molecule has 1 aromatic heterocycles. The van der Waals surface area contributed by atoms with Crippen molar-refractivity contribution in [2.75, 3.05) is 0 Å². The van der Waals surface area contributed by atoms with Crippen LogP contribution in [-0.2, 0) is 16.4 Å². The van der Waals surface area contributed by atoms with Crippen LogP contribution in [0.5, 0.6) is 5.88 Å². The highest BCUT2D eigenvalue weighted by atomic mass is 32.2. The van der Waals surface area contributed by atoms with Crippen molar-refractivity contribution in [2.45, 2.75) is 30.8 Å². The Labute approximate surface area is 157 Å². The first-order chi connectivity index (χ1) is 13.0. The molecule has 0 bridgehead atoms. The van der Waals surface area contributed by atoms with Gasteiger partial charge in [-0.1, -0.05) is 0 Å². The summed E-state index contributed by atoms with van der Waals surface area (Å²) in [5, 5.41) is 26.5. The van der Waals surface area contributed by atoms with E-state index in [4.69, 9.17) is 5.26 Å². The van der Waals surface area contributed by atoms with E-state index in [1.165, 1.54) is 6.92 Å².